The van der Waals surface area contributed by atoms with Crippen LogP contribution in [-0.4, -0.2) is 23.2 Å². The summed E-state index contributed by atoms with van der Waals surface area (Å²) in [5.74, 6) is 0. The van der Waals surface area contributed by atoms with Gasteiger partial charge in [0.15, 0.2) is 0 Å². The molecular weight excluding hydrogens is 315 g/mol. The molecule has 0 aromatic heterocycles. The zero-order valence-electron chi connectivity index (χ0n) is 9.43. The fraction of sp³-hybridized carbons (Fsp3) is 0.538. The highest BCUT2D eigenvalue weighted by molar-refractivity contribution is 14.1. The topological polar surface area (TPSA) is 18.5 Å². The SMILES string of the molecule is CCC(OC1COCC1I)c1ccccc1. The minimum absolute atomic E-state index is 0.199. The monoisotopic (exact) mass is 332 g/mol. The molecule has 16 heavy (non-hydrogen) atoms. The van der Waals surface area contributed by atoms with Gasteiger partial charge in [-0.1, -0.05) is 59.8 Å². The Labute approximate surface area is 110 Å². The van der Waals surface area contributed by atoms with Crippen LogP contribution in [0.3, 0.4) is 0 Å². The third-order valence-corrected chi connectivity index (χ3v) is 4.01. The summed E-state index contributed by atoms with van der Waals surface area (Å²) in [6.07, 6.45) is 1.44. The molecule has 0 aliphatic carbocycles. The van der Waals surface area contributed by atoms with Crippen LogP contribution in [0.4, 0.5) is 0 Å². The molecule has 0 N–H and O–H groups in total. The molecule has 2 rings (SSSR count). The molecule has 1 heterocycles. The molecule has 0 bridgehead atoms. The molecule has 1 aliphatic heterocycles. The highest BCUT2D eigenvalue weighted by atomic mass is 127. The molecule has 1 aliphatic rings. The Bertz CT molecular complexity index is 315. The number of alkyl halides is 1. The molecule has 3 heteroatoms. The second kappa shape index (κ2) is 5.98. The first-order valence-electron chi connectivity index (χ1n) is 5.73. The first-order chi connectivity index (χ1) is 7.81. The van der Waals surface area contributed by atoms with Gasteiger partial charge in [0.1, 0.15) is 0 Å². The lowest BCUT2D eigenvalue weighted by Crippen LogP contribution is -2.24. The van der Waals surface area contributed by atoms with E-state index in [0.717, 1.165) is 19.6 Å². The number of hydrogen-bond acceptors (Lipinski definition) is 2. The number of halogens is 1. The predicted octanol–water partition coefficient (Wildman–Crippen LogP) is 3.36. The predicted molar refractivity (Wildman–Crippen MR) is 73.0 cm³/mol. The van der Waals surface area contributed by atoms with E-state index in [1.165, 1.54) is 5.56 Å². The van der Waals surface area contributed by atoms with E-state index in [-0.39, 0.29) is 12.2 Å². The van der Waals surface area contributed by atoms with Gasteiger partial charge in [0.2, 0.25) is 0 Å². The van der Waals surface area contributed by atoms with Gasteiger partial charge in [0.05, 0.1) is 29.3 Å². The molecule has 2 nitrogen and oxygen atoms in total. The largest absolute Gasteiger partial charge is 0.378 e. The third kappa shape index (κ3) is 2.96. The summed E-state index contributed by atoms with van der Waals surface area (Å²) in [5.41, 5.74) is 1.26. The molecule has 0 amide bonds. The average Bonchev–Trinajstić information content (AvgIpc) is 2.73. The maximum atomic E-state index is 6.13. The molecule has 0 radical (unpaired) electrons. The van der Waals surface area contributed by atoms with E-state index in [1.807, 2.05) is 6.07 Å². The van der Waals surface area contributed by atoms with E-state index in [2.05, 4.69) is 53.8 Å². The van der Waals surface area contributed by atoms with Crippen LogP contribution in [0.5, 0.6) is 0 Å². The Kier molecular flexibility index (Phi) is 4.61. The first-order valence-corrected chi connectivity index (χ1v) is 6.98. The molecule has 1 aromatic rings. The van der Waals surface area contributed by atoms with Gasteiger partial charge in [0.25, 0.3) is 0 Å². The lowest BCUT2D eigenvalue weighted by atomic mass is 10.1. The van der Waals surface area contributed by atoms with Crippen molar-refractivity contribution in [3.05, 3.63) is 35.9 Å². The second-order valence-corrected chi connectivity index (χ2v) is 5.64. The van der Waals surface area contributed by atoms with Gasteiger partial charge in [-0.05, 0) is 12.0 Å². The maximum absolute atomic E-state index is 6.13. The van der Waals surface area contributed by atoms with Crippen molar-refractivity contribution in [3.8, 4) is 0 Å². The summed E-state index contributed by atoms with van der Waals surface area (Å²) in [6, 6.07) is 10.4. The fourth-order valence-electron chi connectivity index (χ4n) is 1.92. The number of hydrogen-bond donors (Lipinski definition) is 0. The number of ether oxygens (including phenoxy) is 2. The van der Waals surface area contributed by atoms with Gasteiger partial charge >= 0.3 is 0 Å². The van der Waals surface area contributed by atoms with Crippen molar-refractivity contribution >= 4 is 22.6 Å². The van der Waals surface area contributed by atoms with Gasteiger partial charge in [-0.3, -0.25) is 0 Å². The molecular formula is C13H17IO2. The summed E-state index contributed by atoms with van der Waals surface area (Å²) < 4.78 is 12.0. The Morgan fingerprint density at radius 2 is 2.12 bits per heavy atom. The van der Waals surface area contributed by atoms with E-state index in [1.54, 1.807) is 0 Å². The lowest BCUT2D eigenvalue weighted by molar-refractivity contribution is -0.0160. The van der Waals surface area contributed by atoms with Crippen molar-refractivity contribution in [1.82, 2.24) is 0 Å². The highest BCUT2D eigenvalue weighted by Gasteiger charge is 2.29. The Hall–Kier alpha value is -0.130. The van der Waals surface area contributed by atoms with Gasteiger partial charge in [-0.15, -0.1) is 0 Å². The lowest BCUT2D eigenvalue weighted by Gasteiger charge is -2.22. The number of rotatable bonds is 4. The van der Waals surface area contributed by atoms with Gasteiger partial charge in [-0.2, -0.15) is 0 Å². The zero-order chi connectivity index (χ0) is 11.4. The number of benzene rings is 1. The first kappa shape index (κ1) is 12.3. The summed E-state index contributed by atoms with van der Waals surface area (Å²) in [5, 5.41) is 0. The van der Waals surface area contributed by atoms with Crippen molar-refractivity contribution < 1.29 is 9.47 Å². The quantitative estimate of drug-likeness (QED) is 0.622. The molecule has 3 atom stereocenters. The van der Waals surface area contributed by atoms with Crippen molar-refractivity contribution in [2.45, 2.75) is 29.5 Å². The second-order valence-electron chi connectivity index (χ2n) is 4.04. The normalized spacial score (nSPS) is 26.9. The molecule has 0 spiro atoms. The molecule has 1 aromatic carbocycles. The van der Waals surface area contributed by atoms with E-state index >= 15 is 0 Å². The summed E-state index contributed by atoms with van der Waals surface area (Å²) in [4.78, 5) is 0. The van der Waals surface area contributed by atoms with Gasteiger partial charge in [-0.25, -0.2) is 0 Å². The minimum Gasteiger partial charge on any atom is -0.378 e. The third-order valence-electron chi connectivity index (χ3n) is 2.84. The van der Waals surface area contributed by atoms with Crippen LogP contribution < -0.4 is 0 Å². The summed E-state index contributed by atoms with van der Waals surface area (Å²) >= 11 is 2.41. The van der Waals surface area contributed by atoms with Crippen LogP contribution in [0.15, 0.2) is 30.3 Å². The minimum atomic E-state index is 0.199. The van der Waals surface area contributed by atoms with Crippen LogP contribution in [0, 0.1) is 0 Å². The van der Waals surface area contributed by atoms with Crippen LogP contribution in [-0.2, 0) is 9.47 Å². The van der Waals surface area contributed by atoms with Crippen molar-refractivity contribution in [2.75, 3.05) is 13.2 Å². The Morgan fingerprint density at radius 1 is 1.38 bits per heavy atom. The smallest absolute Gasteiger partial charge is 0.0956 e. The standard InChI is InChI=1S/C13H17IO2/c1-2-12(10-6-4-3-5-7-10)16-13-9-15-8-11(13)14/h3-7,11-13H,2,8-9H2,1H3. The van der Waals surface area contributed by atoms with E-state index in [9.17, 15) is 0 Å². The van der Waals surface area contributed by atoms with Gasteiger partial charge in [0, 0.05) is 0 Å². The highest BCUT2D eigenvalue weighted by Crippen LogP contribution is 2.27. The molecule has 3 unspecified atom stereocenters. The maximum Gasteiger partial charge on any atom is 0.0956 e. The van der Waals surface area contributed by atoms with E-state index in [4.69, 9.17) is 9.47 Å². The summed E-state index contributed by atoms with van der Waals surface area (Å²) in [6.45, 7) is 3.71. The van der Waals surface area contributed by atoms with Crippen LogP contribution in [0.2, 0.25) is 0 Å². The zero-order valence-corrected chi connectivity index (χ0v) is 11.6. The van der Waals surface area contributed by atoms with E-state index < -0.39 is 0 Å². The Balaban J connectivity index is 2.00. The molecule has 0 saturated carbocycles. The van der Waals surface area contributed by atoms with Crippen molar-refractivity contribution in [1.29, 1.82) is 0 Å². The van der Waals surface area contributed by atoms with Crippen LogP contribution in [0.25, 0.3) is 0 Å². The molecule has 1 fully saturated rings. The van der Waals surface area contributed by atoms with Crippen LogP contribution in [0.1, 0.15) is 25.0 Å². The average molecular weight is 332 g/mol. The molecule has 88 valence electrons. The van der Waals surface area contributed by atoms with Crippen LogP contribution >= 0.6 is 22.6 Å². The van der Waals surface area contributed by atoms with Crippen molar-refractivity contribution in [2.24, 2.45) is 0 Å². The molecule has 1 saturated heterocycles. The van der Waals surface area contributed by atoms with Crippen molar-refractivity contribution in [3.63, 3.8) is 0 Å². The summed E-state index contributed by atoms with van der Waals surface area (Å²) in [7, 11) is 0. The fourth-order valence-corrected chi connectivity index (χ4v) is 2.55. The van der Waals surface area contributed by atoms with Gasteiger partial charge < -0.3 is 9.47 Å². The van der Waals surface area contributed by atoms with E-state index in [0.29, 0.717) is 3.92 Å². The Morgan fingerprint density at radius 3 is 2.69 bits per heavy atom.